The van der Waals surface area contributed by atoms with Crippen molar-refractivity contribution in [2.24, 2.45) is 0 Å². The van der Waals surface area contributed by atoms with Crippen LogP contribution in [0.3, 0.4) is 0 Å². The smallest absolute Gasteiger partial charge is 0.357 e. The molecule has 0 fully saturated rings. The maximum atomic E-state index is 12.5. The highest BCUT2D eigenvalue weighted by atomic mass is 16.5. The van der Waals surface area contributed by atoms with Crippen LogP contribution < -0.4 is 5.73 Å². The molecule has 0 bridgehead atoms. The van der Waals surface area contributed by atoms with Crippen molar-refractivity contribution in [3.63, 3.8) is 0 Å². The van der Waals surface area contributed by atoms with E-state index in [1.807, 2.05) is 12.1 Å². The van der Waals surface area contributed by atoms with Crippen LogP contribution in [0.15, 0.2) is 48.5 Å². The number of anilines is 1. The molecule has 0 saturated carbocycles. The number of ether oxygens (including phenoxy) is 2. The van der Waals surface area contributed by atoms with Gasteiger partial charge in [0, 0.05) is 11.3 Å². The Kier molecular flexibility index (Phi) is 5.09. The Morgan fingerprint density at radius 1 is 1.07 bits per heavy atom. The van der Waals surface area contributed by atoms with E-state index in [4.69, 9.17) is 15.2 Å². The molecule has 0 radical (unpaired) electrons. The molecule has 2 aromatic carbocycles. The minimum absolute atomic E-state index is 0.0631. The second kappa shape index (κ2) is 7.63. The highest BCUT2D eigenvalue weighted by molar-refractivity contribution is 6.07. The van der Waals surface area contributed by atoms with Gasteiger partial charge in [-0.1, -0.05) is 24.3 Å². The summed E-state index contributed by atoms with van der Waals surface area (Å²) < 4.78 is 11.1. The number of aromatic nitrogens is 2. The van der Waals surface area contributed by atoms with Crippen molar-refractivity contribution in [2.75, 3.05) is 20.0 Å². The summed E-state index contributed by atoms with van der Waals surface area (Å²) >= 11 is 0. The van der Waals surface area contributed by atoms with Crippen LogP contribution in [0.5, 0.6) is 0 Å². The summed E-state index contributed by atoms with van der Waals surface area (Å²) in [6.07, 6.45) is 0. The predicted octanol–water partition coefficient (Wildman–Crippen LogP) is 2.57. The van der Waals surface area contributed by atoms with Crippen LogP contribution >= 0.6 is 0 Å². The molecule has 0 unspecified atom stereocenters. The van der Waals surface area contributed by atoms with Crippen molar-refractivity contribution >= 4 is 17.6 Å². The average Bonchev–Trinajstić information content (AvgIpc) is 3.14. The highest BCUT2D eigenvalue weighted by Gasteiger charge is 2.31. The Balaban J connectivity index is 2.37. The van der Waals surface area contributed by atoms with Gasteiger partial charge in [0.2, 0.25) is 0 Å². The van der Waals surface area contributed by atoms with E-state index in [0.29, 0.717) is 16.9 Å². The van der Waals surface area contributed by atoms with Crippen LogP contribution in [0.1, 0.15) is 26.4 Å². The number of nitrogen functional groups attached to an aromatic ring is 1. The molecule has 0 aliphatic carbocycles. The lowest BCUT2D eigenvalue weighted by Crippen LogP contribution is -2.15. The first-order chi connectivity index (χ1) is 13.5. The maximum absolute atomic E-state index is 12.5. The van der Waals surface area contributed by atoms with Gasteiger partial charge in [-0.3, -0.25) is 0 Å². The minimum Gasteiger partial charge on any atom is -0.465 e. The van der Waals surface area contributed by atoms with E-state index in [1.165, 1.54) is 31.0 Å². The predicted molar refractivity (Wildman–Crippen MR) is 101 cm³/mol. The van der Waals surface area contributed by atoms with Crippen molar-refractivity contribution in [1.29, 1.82) is 5.26 Å². The number of rotatable bonds is 4. The third-order valence-electron chi connectivity index (χ3n) is 4.10. The molecule has 3 aromatic rings. The summed E-state index contributed by atoms with van der Waals surface area (Å²) in [5.74, 6) is -1.51. The normalized spacial score (nSPS) is 10.2. The number of nitrogens with zero attached hydrogens (tertiary/aromatic N) is 3. The zero-order valence-corrected chi connectivity index (χ0v) is 15.2. The zero-order valence-electron chi connectivity index (χ0n) is 15.2. The van der Waals surface area contributed by atoms with Gasteiger partial charge < -0.3 is 15.2 Å². The summed E-state index contributed by atoms with van der Waals surface area (Å²) in [6.45, 7) is 0. The lowest BCUT2D eigenvalue weighted by atomic mass is 10.0. The van der Waals surface area contributed by atoms with E-state index in [2.05, 4.69) is 5.10 Å². The number of benzene rings is 2. The Morgan fingerprint density at radius 3 is 2.36 bits per heavy atom. The van der Waals surface area contributed by atoms with Crippen molar-refractivity contribution in [2.45, 2.75) is 0 Å². The molecule has 3 rings (SSSR count). The zero-order chi connectivity index (χ0) is 20.3. The molecule has 0 aliphatic heterocycles. The number of nitrogens with two attached hydrogens (primary N) is 1. The van der Waals surface area contributed by atoms with Gasteiger partial charge in [0.25, 0.3) is 0 Å². The lowest BCUT2D eigenvalue weighted by Gasteiger charge is -2.07. The minimum atomic E-state index is -0.757. The summed E-state index contributed by atoms with van der Waals surface area (Å²) in [5, 5.41) is 13.7. The number of carbonyl (C=O) groups excluding carboxylic acids is 2. The van der Waals surface area contributed by atoms with Gasteiger partial charge in [0.1, 0.15) is 17.3 Å². The Morgan fingerprint density at radius 2 is 1.75 bits per heavy atom. The molecule has 1 heterocycles. The van der Waals surface area contributed by atoms with E-state index < -0.39 is 11.9 Å². The van der Waals surface area contributed by atoms with Gasteiger partial charge in [0.05, 0.1) is 25.5 Å². The Bertz CT molecular complexity index is 1100. The maximum Gasteiger partial charge on any atom is 0.357 e. The van der Waals surface area contributed by atoms with E-state index in [0.717, 1.165) is 0 Å². The van der Waals surface area contributed by atoms with Gasteiger partial charge in [-0.2, -0.15) is 10.4 Å². The number of hydrogen-bond acceptors (Lipinski definition) is 7. The van der Waals surface area contributed by atoms with Crippen LogP contribution in [0, 0.1) is 11.3 Å². The third-order valence-corrected chi connectivity index (χ3v) is 4.10. The second-order valence-corrected chi connectivity index (χ2v) is 5.72. The van der Waals surface area contributed by atoms with Gasteiger partial charge >= 0.3 is 11.9 Å². The molecular weight excluding hydrogens is 360 g/mol. The van der Waals surface area contributed by atoms with Gasteiger partial charge in [-0.05, 0) is 24.3 Å². The van der Waals surface area contributed by atoms with E-state index in [1.54, 1.807) is 30.3 Å². The Labute approximate surface area is 160 Å². The molecule has 8 heteroatoms. The van der Waals surface area contributed by atoms with Crippen LogP contribution in [0.4, 0.5) is 5.69 Å². The van der Waals surface area contributed by atoms with Crippen molar-refractivity contribution in [3.05, 3.63) is 65.4 Å². The van der Waals surface area contributed by atoms with Gasteiger partial charge in [-0.25, -0.2) is 14.3 Å². The second-order valence-electron chi connectivity index (χ2n) is 5.72. The molecular formula is C20H16N4O4. The van der Waals surface area contributed by atoms with Crippen molar-refractivity contribution in [1.82, 2.24) is 9.78 Å². The molecule has 0 amide bonds. The molecule has 0 saturated heterocycles. The first-order valence-electron chi connectivity index (χ1n) is 8.16. The van der Waals surface area contributed by atoms with Crippen molar-refractivity contribution < 1.29 is 19.1 Å². The van der Waals surface area contributed by atoms with Gasteiger partial charge in [0.15, 0.2) is 5.69 Å². The topological polar surface area (TPSA) is 120 Å². The number of hydrogen-bond donors (Lipinski definition) is 1. The van der Waals surface area contributed by atoms with Crippen LogP contribution in [0.25, 0.3) is 16.9 Å². The summed E-state index contributed by atoms with van der Waals surface area (Å²) in [6, 6.07) is 15.4. The first kappa shape index (κ1) is 18.7. The number of esters is 2. The molecule has 28 heavy (non-hydrogen) atoms. The molecule has 140 valence electrons. The average molecular weight is 376 g/mol. The fourth-order valence-corrected chi connectivity index (χ4v) is 2.76. The summed E-state index contributed by atoms with van der Waals surface area (Å²) in [4.78, 5) is 25.0. The van der Waals surface area contributed by atoms with Gasteiger partial charge in [-0.15, -0.1) is 0 Å². The van der Waals surface area contributed by atoms with Crippen LogP contribution in [-0.4, -0.2) is 35.9 Å². The SMILES string of the molecule is COC(=O)c1c(-c2ccc(N)c(C#N)c2)nn(-c2ccccc2)c1C(=O)OC. The number of carbonyl (C=O) groups is 2. The van der Waals surface area contributed by atoms with Crippen LogP contribution in [-0.2, 0) is 9.47 Å². The lowest BCUT2D eigenvalue weighted by molar-refractivity contribution is 0.0549. The molecule has 1 aromatic heterocycles. The standard InChI is InChI=1S/C20H16N4O4/c1-27-19(25)16-17(12-8-9-15(22)13(10-12)11-21)23-24(18(16)20(26)28-2)14-6-4-3-5-7-14/h3-10H,22H2,1-2H3. The number of para-hydroxylation sites is 1. The van der Waals surface area contributed by atoms with E-state index in [9.17, 15) is 14.9 Å². The number of nitriles is 1. The monoisotopic (exact) mass is 376 g/mol. The highest BCUT2D eigenvalue weighted by Crippen LogP contribution is 2.30. The van der Waals surface area contributed by atoms with Crippen molar-refractivity contribution in [3.8, 4) is 23.0 Å². The first-order valence-corrected chi connectivity index (χ1v) is 8.16. The van der Waals surface area contributed by atoms with E-state index >= 15 is 0 Å². The fraction of sp³-hybridized carbons (Fsp3) is 0.100. The fourth-order valence-electron chi connectivity index (χ4n) is 2.76. The molecule has 0 aliphatic rings. The van der Waals surface area contributed by atoms with E-state index in [-0.39, 0.29) is 22.5 Å². The molecule has 8 nitrogen and oxygen atoms in total. The molecule has 2 N–H and O–H groups in total. The molecule has 0 atom stereocenters. The quantitative estimate of drug-likeness (QED) is 0.549. The summed E-state index contributed by atoms with van der Waals surface area (Å²) in [7, 11) is 2.42. The number of methoxy groups -OCH3 is 2. The van der Waals surface area contributed by atoms with Crippen LogP contribution in [0.2, 0.25) is 0 Å². The summed E-state index contributed by atoms with van der Waals surface area (Å²) in [5.41, 5.74) is 7.32. The third kappa shape index (κ3) is 3.17. The largest absolute Gasteiger partial charge is 0.465 e. The molecule has 0 spiro atoms. The Hall–Kier alpha value is -4.12.